The fourth-order valence-corrected chi connectivity index (χ4v) is 4.76. The summed E-state index contributed by atoms with van der Waals surface area (Å²) >= 11 is 0. The van der Waals surface area contributed by atoms with Gasteiger partial charge in [-0.2, -0.15) is 5.26 Å². The highest BCUT2D eigenvalue weighted by molar-refractivity contribution is 5.93. The first-order chi connectivity index (χ1) is 15.1. The Hall–Kier alpha value is -3.56. The standard InChI is InChI=1S/C25H25N5O/c26-16-17-4-7-19(8-5-17)29-10-12-30(13-11-29)20-9-6-18(14-20)24-15-22-21(25(31)28-24)2-1-3-23(22)27/h1-5,7-8,14-15,20H,6,9-13,27H2,(H,28,31)/t20-/m1/s1. The molecule has 0 unspecified atom stereocenters. The van der Waals surface area contributed by atoms with Gasteiger partial charge in [-0.05, 0) is 60.9 Å². The zero-order valence-electron chi connectivity index (χ0n) is 17.3. The topological polar surface area (TPSA) is 89.2 Å². The molecule has 2 aliphatic rings. The van der Waals surface area contributed by atoms with E-state index < -0.39 is 0 Å². The number of nitrogens with zero attached hydrogens (tertiary/aromatic N) is 3. The van der Waals surface area contributed by atoms with Gasteiger partial charge in [0.1, 0.15) is 0 Å². The van der Waals surface area contributed by atoms with Gasteiger partial charge in [0, 0.05) is 60.1 Å². The summed E-state index contributed by atoms with van der Waals surface area (Å²) < 4.78 is 0. The van der Waals surface area contributed by atoms with Crippen LogP contribution in [0.2, 0.25) is 0 Å². The molecule has 0 spiro atoms. The minimum atomic E-state index is -0.0832. The third kappa shape index (κ3) is 3.69. The maximum absolute atomic E-state index is 12.5. The molecule has 0 amide bonds. The lowest BCUT2D eigenvalue weighted by Crippen LogP contribution is -2.49. The van der Waals surface area contributed by atoms with Crippen LogP contribution in [0.3, 0.4) is 0 Å². The largest absolute Gasteiger partial charge is 0.398 e. The van der Waals surface area contributed by atoms with Gasteiger partial charge in [-0.15, -0.1) is 0 Å². The molecule has 6 heteroatoms. The number of anilines is 2. The average Bonchev–Trinajstić information content (AvgIpc) is 3.30. The van der Waals surface area contributed by atoms with E-state index in [0.29, 0.717) is 22.7 Å². The summed E-state index contributed by atoms with van der Waals surface area (Å²) in [5, 5.41) is 10.4. The second kappa shape index (κ2) is 7.93. The van der Waals surface area contributed by atoms with E-state index in [1.807, 2.05) is 48.5 Å². The van der Waals surface area contributed by atoms with Gasteiger partial charge in [0.15, 0.2) is 0 Å². The number of nitrogens with one attached hydrogen (secondary N) is 1. The lowest BCUT2D eigenvalue weighted by Gasteiger charge is -2.38. The normalized spacial score (nSPS) is 19.4. The van der Waals surface area contributed by atoms with Crippen molar-refractivity contribution in [3.8, 4) is 6.07 Å². The monoisotopic (exact) mass is 411 g/mol. The van der Waals surface area contributed by atoms with Crippen LogP contribution in [0.1, 0.15) is 24.1 Å². The van der Waals surface area contributed by atoms with Crippen LogP contribution >= 0.6 is 0 Å². The third-order valence-electron chi connectivity index (χ3n) is 6.52. The molecule has 3 N–H and O–H groups in total. The molecule has 5 rings (SSSR count). The van der Waals surface area contributed by atoms with Gasteiger partial charge < -0.3 is 15.6 Å². The Morgan fingerprint density at radius 1 is 1.03 bits per heavy atom. The smallest absolute Gasteiger partial charge is 0.256 e. The Kier molecular flexibility index (Phi) is 4.97. The summed E-state index contributed by atoms with van der Waals surface area (Å²) in [7, 11) is 0. The molecule has 0 bridgehead atoms. The van der Waals surface area contributed by atoms with Gasteiger partial charge in [0.25, 0.3) is 5.56 Å². The number of hydrogen-bond acceptors (Lipinski definition) is 5. The van der Waals surface area contributed by atoms with Crippen molar-refractivity contribution in [2.45, 2.75) is 18.9 Å². The zero-order valence-corrected chi connectivity index (χ0v) is 17.3. The predicted molar refractivity (Wildman–Crippen MR) is 125 cm³/mol. The molecule has 0 radical (unpaired) electrons. The van der Waals surface area contributed by atoms with E-state index in [4.69, 9.17) is 11.0 Å². The van der Waals surface area contributed by atoms with Crippen LogP contribution in [-0.4, -0.2) is 42.1 Å². The van der Waals surface area contributed by atoms with Crippen LogP contribution in [0.15, 0.2) is 59.4 Å². The third-order valence-corrected chi connectivity index (χ3v) is 6.52. The highest BCUT2D eigenvalue weighted by Gasteiger charge is 2.27. The predicted octanol–water partition coefficient (Wildman–Crippen LogP) is 3.35. The van der Waals surface area contributed by atoms with Gasteiger partial charge >= 0.3 is 0 Å². The van der Waals surface area contributed by atoms with Crippen LogP contribution in [0.25, 0.3) is 16.3 Å². The second-order valence-electron chi connectivity index (χ2n) is 8.30. The maximum atomic E-state index is 12.5. The Morgan fingerprint density at radius 3 is 2.55 bits per heavy atom. The quantitative estimate of drug-likeness (QED) is 0.645. The minimum Gasteiger partial charge on any atom is -0.398 e. The average molecular weight is 412 g/mol. The number of nitrogen functional groups attached to an aromatic ring is 1. The maximum Gasteiger partial charge on any atom is 0.256 e. The van der Waals surface area contributed by atoms with E-state index in [0.717, 1.165) is 50.1 Å². The van der Waals surface area contributed by atoms with E-state index in [9.17, 15) is 4.79 Å². The molecule has 31 heavy (non-hydrogen) atoms. The van der Waals surface area contributed by atoms with E-state index in [2.05, 4.69) is 26.9 Å². The number of pyridine rings is 1. The van der Waals surface area contributed by atoms with Crippen LogP contribution in [0, 0.1) is 11.3 Å². The number of nitrogens with two attached hydrogens (primary N) is 1. The minimum absolute atomic E-state index is 0.0832. The fraction of sp³-hybridized carbons (Fsp3) is 0.280. The van der Waals surface area contributed by atoms with Crippen LogP contribution in [-0.2, 0) is 0 Å². The van der Waals surface area contributed by atoms with Crippen molar-refractivity contribution in [3.63, 3.8) is 0 Å². The first kappa shape index (κ1) is 19.4. The zero-order chi connectivity index (χ0) is 21.4. The molecule has 1 aliphatic carbocycles. The lowest BCUT2D eigenvalue weighted by molar-refractivity contribution is 0.214. The molecule has 6 nitrogen and oxygen atoms in total. The molecular formula is C25H25N5O. The highest BCUT2D eigenvalue weighted by atomic mass is 16.1. The van der Waals surface area contributed by atoms with E-state index in [-0.39, 0.29) is 5.56 Å². The summed E-state index contributed by atoms with van der Waals surface area (Å²) in [5.41, 5.74) is 10.6. The highest BCUT2D eigenvalue weighted by Crippen LogP contribution is 2.32. The summed E-state index contributed by atoms with van der Waals surface area (Å²) in [6, 6.07) is 17.9. The molecule has 2 aromatic carbocycles. The first-order valence-electron chi connectivity index (χ1n) is 10.7. The van der Waals surface area contributed by atoms with Crippen LogP contribution < -0.4 is 16.2 Å². The van der Waals surface area contributed by atoms with Crippen LogP contribution in [0.5, 0.6) is 0 Å². The number of H-pyrrole nitrogens is 1. The van der Waals surface area contributed by atoms with Gasteiger partial charge in [-0.25, -0.2) is 0 Å². The molecule has 3 aromatic rings. The Bertz CT molecular complexity index is 1240. The molecule has 1 aromatic heterocycles. The summed E-state index contributed by atoms with van der Waals surface area (Å²) in [6.07, 6.45) is 4.33. The lowest BCUT2D eigenvalue weighted by atomic mass is 10.1. The van der Waals surface area contributed by atoms with Crippen molar-refractivity contribution in [1.29, 1.82) is 5.26 Å². The molecule has 1 aliphatic heterocycles. The van der Waals surface area contributed by atoms with Crippen molar-refractivity contribution >= 4 is 27.7 Å². The molecule has 1 saturated heterocycles. The fourth-order valence-electron chi connectivity index (χ4n) is 4.76. The number of aromatic nitrogens is 1. The number of fused-ring (bicyclic) bond motifs is 1. The number of allylic oxidation sites excluding steroid dienone is 1. The number of rotatable bonds is 3. The van der Waals surface area contributed by atoms with Gasteiger partial charge in [-0.3, -0.25) is 9.69 Å². The summed E-state index contributed by atoms with van der Waals surface area (Å²) in [5.74, 6) is 0. The first-order valence-corrected chi connectivity index (χ1v) is 10.7. The number of nitriles is 1. The summed E-state index contributed by atoms with van der Waals surface area (Å²) in [6.45, 7) is 3.93. The molecule has 156 valence electrons. The van der Waals surface area contributed by atoms with E-state index >= 15 is 0 Å². The van der Waals surface area contributed by atoms with Gasteiger partial charge in [0.05, 0.1) is 11.6 Å². The molecular weight excluding hydrogens is 386 g/mol. The second-order valence-corrected chi connectivity index (χ2v) is 8.30. The number of hydrogen-bond donors (Lipinski definition) is 2. The summed E-state index contributed by atoms with van der Waals surface area (Å²) in [4.78, 5) is 20.5. The molecule has 0 saturated carbocycles. The SMILES string of the molecule is N#Cc1ccc(N2CCN([C@H]3C=C(c4cc5c(N)cccc5c(=O)[nH]4)CC3)CC2)cc1. The van der Waals surface area contributed by atoms with E-state index in [1.54, 1.807) is 0 Å². The number of piperazine rings is 1. The van der Waals surface area contributed by atoms with Crippen molar-refractivity contribution in [3.05, 3.63) is 76.2 Å². The van der Waals surface area contributed by atoms with Crippen molar-refractivity contribution < 1.29 is 0 Å². The van der Waals surface area contributed by atoms with Crippen molar-refractivity contribution in [2.24, 2.45) is 0 Å². The number of aromatic amines is 1. The number of benzene rings is 2. The van der Waals surface area contributed by atoms with E-state index in [1.165, 1.54) is 11.3 Å². The molecule has 1 fully saturated rings. The van der Waals surface area contributed by atoms with Gasteiger partial charge in [0.2, 0.25) is 0 Å². The Labute approximate surface area is 181 Å². The molecule has 2 heterocycles. The Balaban J connectivity index is 1.30. The van der Waals surface area contributed by atoms with Crippen molar-refractivity contribution in [1.82, 2.24) is 9.88 Å². The Morgan fingerprint density at radius 2 is 1.81 bits per heavy atom. The van der Waals surface area contributed by atoms with Crippen molar-refractivity contribution in [2.75, 3.05) is 36.8 Å². The van der Waals surface area contributed by atoms with Gasteiger partial charge in [-0.1, -0.05) is 12.1 Å². The molecule has 1 atom stereocenters. The van der Waals surface area contributed by atoms with Crippen LogP contribution in [0.4, 0.5) is 11.4 Å².